The molecule has 0 unspecified atom stereocenters. The van der Waals surface area contributed by atoms with Gasteiger partial charge in [-0.1, -0.05) is 18.5 Å². The van der Waals surface area contributed by atoms with Gasteiger partial charge in [0.1, 0.15) is 0 Å². The smallest absolute Gasteiger partial charge is 0.337 e. The second-order valence-electron chi connectivity index (χ2n) is 6.59. The zero-order valence-corrected chi connectivity index (χ0v) is 16.0. The van der Waals surface area contributed by atoms with Crippen molar-refractivity contribution in [3.63, 3.8) is 0 Å². The first kappa shape index (κ1) is 19.1. The number of nitrogens with one attached hydrogen (secondary N) is 1. The van der Waals surface area contributed by atoms with Crippen LogP contribution in [-0.2, 0) is 4.74 Å². The molecule has 1 saturated heterocycles. The number of benzene rings is 1. The van der Waals surface area contributed by atoms with Crippen LogP contribution >= 0.6 is 11.6 Å². The Labute approximate surface area is 162 Å². The van der Waals surface area contributed by atoms with Crippen LogP contribution in [0, 0.1) is 5.92 Å². The molecule has 1 aromatic carbocycles. The SMILES string of the molecule is COC(=O)c1ccc(Cl)c(NC(=O)c2ccc(N3CCC(C)CC3)nn2)c1. The predicted octanol–water partition coefficient (Wildman–Crippen LogP) is 3.41. The molecule has 2 heterocycles. The largest absolute Gasteiger partial charge is 0.465 e. The van der Waals surface area contributed by atoms with Crippen LogP contribution in [0.5, 0.6) is 0 Å². The fourth-order valence-electron chi connectivity index (χ4n) is 2.90. The van der Waals surface area contributed by atoms with Crippen molar-refractivity contribution < 1.29 is 14.3 Å². The lowest BCUT2D eigenvalue weighted by molar-refractivity contribution is 0.0600. The third kappa shape index (κ3) is 4.54. The van der Waals surface area contributed by atoms with E-state index in [2.05, 4.69) is 32.1 Å². The molecular formula is C19H21ClN4O3. The molecule has 0 radical (unpaired) electrons. The Kier molecular flexibility index (Phi) is 5.91. The highest BCUT2D eigenvalue weighted by Crippen LogP contribution is 2.24. The molecule has 1 amide bonds. The minimum Gasteiger partial charge on any atom is -0.465 e. The Hall–Kier alpha value is -2.67. The number of ether oxygens (including phenoxy) is 1. The van der Waals surface area contributed by atoms with E-state index in [0.717, 1.165) is 37.7 Å². The van der Waals surface area contributed by atoms with Gasteiger partial charge in [-0.05, 0) is 49.1 Å². The summed E-state index contributed by atoms with van der Waals surface area (Å²) in [7, 11) is 1.29. The van der Waals surface area contributed by atoms with Crippen molar-refractivity contribution in [2.75, 3.05) is 30.4 Å². The Morgan fingerprint density at radius 3 is 2.56 bits per heavy atom. The monoisotopic (exact) mass is 388 g/mol. The van der Waals surface area contributed by atoms with Crippen LogP contribution in [0.3, 0.4) is 0 Å². The first-order chi connectivity index (χ1) is 13.0. The lowest BCUT2D eigenvalue weighted by Gasteiger charge is -2.30. The number of esters is 1. The summed E-state index contributed by atoms with van der Waals surface area (Å²) in [6.45, 7) is 4.13. The molecule has 1 aromatic heterocycles. The number of piperidine rings is 1. The number of rotatable bonds is 4. The normalized spacial score (nSPS) is 14.7. The van der Waals surface area contributed by atoms with Crippen LogP contribution in [0.2, 0.25) is 5.02 Å². The van der Waals surface area contributed by atoms with E-state index in [0.29, 0.717) is 10.7 Å². The number of anilines is 2. The number of halogens is 1. The molecule has 27 heavy (non-hydrogen) atoms. The van der Waals surface area contributed by atoms with E-state index in [1.807, 2.05) is 0 Å². The summed E-state index contributed by atoms with van der Waals surface area (Å²) in [4.78, 5) is 26.3. The average molecular weight is 389 g/mol. The second-order valence-corrected chi connectivity index (χ2v) is 6.99. The summed E-state index contributed by atoms with van der Waals surface area (Å²) >= 11 is 6.10. The molecule has 142 valence electrons. The van der Waals surface area contributed by atoms with Gasteiger partial charge in [-0.3, -0.25) is 4.79 Å². The standard InChI is InChI=1S/C19H21ClN4O3/c1-12-7-9-24(10-8-12)17-6-5-15(22-23-17)18(25)21-16-11-13(19(26)27-2)3-4-14(16)20/h3-6,11-12H,7-10H2,1-2H3,(H,21,25). The van der Waals surface area contributed by atoms with Crippen molar-refractivity contribution >= 4 is 35.0 Å². The van der Waals surface area contributed by atoms with Crippen molar-refractivity contribution in [3.8, 4) is 0 Å². The molecule has 7 nitrogen and oxygen atoms in total. The van der Waals surface area contributed by atoms with Gasteiger partial charge in [-0.15, -0.1) is 10.2 Å². The van der Waals surface area contributed by atoms with Crippen molar-refractivity contribution in [3.05, 3.63) is 46.6 Å². The summed E-state index contributed by atoms with van der Waals surface area (Å²) in [5.74, 6) is 0.529. The van der Waals surface area contributed by atoms with E-state index in [4.69, 9.17) is 11.6 Å². The summed E-state index contributed by atoms with van der Waals surface area (Å²) in [6, 6.07) is 7.94. The Balaban J connectivity index is 1.70. The third-order valence-electron chi connectivity index (χ3n) is 4.63. The fraction of sp³-hybridized carbons (Fsp3) is 0.368. The van der Waals surface area contributed by atoms with Gasteiger partial charge in [0, 0.05) is 13.1 Å². The molecule has 0 saturated carbocycles. The molecule has 1 N–H and O–H groups in total. The van der Waals surface area contributed by atoms with Crippen LogP contribution in [-0.4, -0.2) is 42.3 Å². The quantitative estimate of drug-likeness (QED) is 0.808. The maximum atomic E-state index is 12.4. The van der Waals surface area contributed by atoms with E-state index in [1.54, 1.807) is 12.1 Å². The predicted molar refractivity (Wildman–Crippen MR) is 103 cm³/mol. The Morgan fingerprint density at radius 1 is 1.19 bits per heavy atom. The van der Waals surface area contributed by atoms with Crippen molar-refractivity contribution in [1.82, 2.24) is 10.2 Å². The molecule has 0 atom stereocenters. The van der Waals surface area contributed by atoms with Crippen LogP contribution in [0.4, 0.5) is 11.5 Å². The second kappa shape index (κ2) is 8.35. The number of hydrogen-bond acceptors (Lipinski definition) is 6. The molecule has 0 aliphatic carbocycles. The van der Waals surface area contributed by atoms with E-state index in [-0.39, 0.29) is 11.3 Å². The van der Waals surface area contributed by atoms with Gasteiger partial charge in [0.2, 0.25) is 0 Å². The summed E-state index contributed by atoms with van der Waals surface area (Å²) < 4.78 is 4.68. The number of hydrogen-bond donors (Lipinski definition) is 1. The highest BCUT2D eigenvalue weighted by molar-refractivity contribution is 6.34. The maximum absolute atomic E-state index is 12.4. The van der Waals surface area contributed by atoms with Gasteiger partial charge in [0.15, 0.2) is 11.5 Å². The highest BCUT2D eigenvalue weighted by atomic mass is 35.5. The van der Waals surface area contributed by atoms with Crippen molar-refractivity contribution in [2.24, 2.45) is 5.92 Å². The lowest BCUT2D eigenvalue weighted by Crippen LogP contribution is -2.33. The molecule has 1 aliphatic heterocycles. The van der Waals surface area contributed by atoms with Crippen molar-refractivity contribution in [1.29, 1.82) is 0 Å². The van der Waals surface area contributed by atoms with Gasteiger partial charge < -0.3 is 15.0 Å². The summed E-state index contributed by atoms with van der Waals surface area (Å²) in [5, 5.41) is 11.2. The molecule has 0 spiro atoms. The molecule has 1 fully saturated rings. The minimum absolute atomic E-state index is 0.170. The number of carbonyl (C=O) groups is 2. The number of amides is 1. The number of methoxy groups -OCH3 is 1. The fourth-order valence-corrected chi connectivity index (χ4v) is 3.07. The lowest BCUT2D eigenvalue weighted by atomic mass is 9.99. The van der Waals surface area contributed by atoms with Crippen LogP contribution in [0.1, 0.15) is 40.6 Å². The number of carbonyl (C=O) groups excluding carboxylic acids is 2. The number of nitrogens with zero attached hydrogens (tertiary/aromatic N) is 3. The van der Waals surface area contributed by atoms with E-state index < -0.39 is 11.9 Å². The van der Waals surface area contributed by atoms with E-state index in [1.165, 1.54) is 25.3 Å². The van der Waals surface area contributed by atoms with Gasteiger partial charge in [0.05, 0.1) is 23.4 Å². The van der Waals surface area contributed by atoms with Gasteiger partial charge in [-0.25, -0.2) is 4.79 Å². The van der Waals surface area contributed by atoms with Gasteiger partial charge in [-0.2, -0.15) is 0 Å². The molecule has 8 heteroatoms. The van der Waals surface area contributed by atoms with E-state index >= 15 is 0 Å². The summed E-state index contributed by atoms with van der Waals surface area (Å²) in [6.07, 6.45) is 2.25. The molecule has 1 aliphatic rings. The minimum atomic E-state index is -0.512. The zero-order valence-electron chi connectivity index (χ0n) is 15.2. The first-order valence-electron chi connectivity index (χ1n) is 8.76. The van der Waals surface area contributed by atoms with Gasteiger partial charge >= 0.3 is 5.97 Å². The number of aromatic nitrogens is 2. The van der Waals surface area contributed by atoms with Crippen LogP contribution < -0.4 is 10.2 Å². The molecule has 2 aromatic rings. The average Bonchev–Trinajstić information content (AvgIpc) is 2.69. The van der Waals surface area contributed by atoms with Crippen LogP contribution in [0.15, 0.2) is 30.3 Å². The third-order valence-corrected chi connectivity index (χ3v) is 4.96. The zero-order chi connectivity index (χ0) is 19.4. The first-order valence-corrected chi connectivity index (χ1v) is 9.13. The van der Waals surface area contributed by atoms with E-state index in [9.17, 15) is 9.59 Å². The van der Waals surface area contributed by atoms with Crippen LogP contribution in [0.25, 0.3) is 0 Å². The van der Waals surface area contributed by atoms with Gasteiger partial charge in [0.25, 0.3) is 5.91 Å². The molecule has 0 bridgehead atoms. The summed E-state index contributed by atoms with van der Waals surface area (Å²) in [5.41, 5.74) is 0.766. The Bertz CT molecular complexity index is 833. The maximum Gasteiger partial charge on any atom is 0.337 e. The molecular weight excluding hydrogens is 368 g/mol. The topological polar surface area (TPSA) is 84.4 Å². The Morgan fingerprint density at radius 2 is 1.93 bits per heavy atom. The molecule has 3 rings (SSSR count). The highest BCUT2D eigenvalue weighted by Gasteiger charge is 2.18. The van der Waals surface area contributed by atoms with Crippen molar-refractivity contribution in [2.45, 2.75) is 19.8 Å².